The lowest BCUT2D eigenvalue weighted by molar-refractivity contribution is -0.132. The molecule has 0 bridgehead atoms. The second-order valence-corrected chi connectivity index (χ2v) is 5.35. The average molecular weight is 241 g/mol. The van der Waals surface area contributed by atoms with Gasteiger partial charge in [0.25, 0.3) is 0 Å². The first-order valence-corrected chi connectivity index (χ1v) is 6.69. The summed E-state index contributed by atoms with van der Waals surface area (Å²) in [5.74, 6) is 0.755. The Morgan fingerprint density at radius 3 is 2.59 bits per heavy atom. The summed E-state index contributed by atoms with van der Waals surface area (Å²) in [6.07, 6.45) is 6.16. The predicted octanol–water partition coefficient (Wildman–Crippen LogP) is 1.17. The summed E-state index contributed by atoms with van der Waals surface area (Å²) in [4.78, 5) is 13.8. The third kappa shape index (κ3) is 3.19. The number of nitrogens with zero attached hydrogens (tertiary/aromatic N) is 1. The number of amides is 1. The van der Waals surface area contributed by atoms with Gasteiger partial charge in [0.05, 0.1) is 6.10 Å². The van der Waals surface area contributed by atoms with E-state index in [1.54, 1.807) is 12.0 Å². The number of carbonyl (C=O) groups is 1. The highest BCUT2D eigenvalue weighted by Gasteiger charge is 2.34. The number of aliphatic hydroxyl groups excluding tert-OH is 1. The Kier molecular flexibility index (Phi) is 4.40. The standard InChI is InChI=1S/C13H23NO3/c1-17-12-9-14(8-11(12)15)13(16)7-10-5-3-2-4-6-10/h10-12,15H,2-9H2,1H3/t11-,12-/m0/s1. The minimum atomic E-state index is -0.518. The zero-order chi connectivity index (χ0) is 12.3. The SMILES string of the molecule is CO[C@H]1CN(C(=O)CC2CCCCC2)C[C@@H]1O. The fraction of sp³-hybridized carbons (Fsp3) is 0.923. The number of β-amino-alcohol motifs (C(OH)–C–C–N with tert-alkyl or cyclic N) is 1. The van der Waals surface area contributed by atoms with Crippen LogP contribution in [0.5, 0.6) is 0 Å². The maximum atomic E-state index is 12.1. The molecule has 0 aromatic carbocycles. The lowest BCUT2D eigenvalue weighted by Gasteiger charge is -2.23. The number of hydrogen-bond donors (Lipinski definition) is 1. The van der Waals surface area contributed by atoms with Crippen LogP contribution in [0.4, 0.5) is 0 Å². The number of methoxy groups -OCH3 is 1. The molecule has 0 radical (unpaired) electrons. The van der Waals surface area contributed by atoms with E-state index in [4.69, 9.17) is 4.74 Å². The number of aliphatic hydroxyl groups is 1. The van der Waals surface area contributed by atoms with E-state index in [-0.39, 0.29) is 12.0 Å². The van der Waals surface area contributed by atoms with Gasteiger partial charge in [-0.1, -0.05) is 19.3 Å². The maximum Gasteiger partial charge on any atom is 0.223 e. The van der Waals surface area contributed by atoms with Gasteiger partial charge in [0, 0.05) is 26.6 Å². The third-order valence-corrected chi connectivity index (χ3v) is 4.08. The summed E-state index contributed by atoms with van der Waals surface area (Å²) in [6, 6.07) is 0. The first-order chi connectivity index (χ1) is 8.20. The summed E-state index contributed by atoms with van der Waals surface area (Å²) < 4.78 is 5.15. The number of rotatable bonds is 3. The summed E-state index contributed by atoms with van der Waals surface area (Å²) in [5, 5.41) is 9.70. The quantitative estimate of drug-likeness (QED) is 0.807. The van der Waals surface area contributed by atoms with Gasteiger partial charge < -0.3 is 14.7 Å². The molecule has 1 aliphatic heterocycles. The minimum absolute atomic E-state index is 0.190. The molecule has 1 saturated heterocycles. The largest absolute Gasteiger partial charge is 0.388 e. The van der Waals surface area contributed by atoms with E-state index in [1.807, 2.05) is 0 Å². The minimum Gasteiger partial charge on any atom is -0.388 e. The second-order valence-electron chi connectivity index (χ2n) is 5.35. The molecule has 1 saturated carbocycles. The molecule has 2 atom stereocenters. The Morgan fingerprint density at radius 2 is 2.00 bits per heavy atom. The zero-order valence-corrected chi connectivity index (χ0v) is 10.6. The van der Waals surface area contributed by atoms with Gasteiger partial charge in [0.2, 0.25) is 5.91 Å². The zero-order valence-electron chi connectivity index (χ0n) is 10.6. The van der Waals surface area contributed by atoms with Gasteiger partial charge in [-0.05, 0) is 18.8 Å². The molecule has 2 rings (SSSR count). The number of ether oxygens (including phenoxy) is 1. The lowest BCUT2D eigenvalue weighted by Crippen LogP contribution is -2.31. The average Bonchev–Trinajstić information content (AvgIpc) is 2.72. The molecule has 4 nitrogen and oxygen atoms in total. The first kappa shape index (κ1) is 12.8. The highest BCUT2D eigenvalue weighted by molar-refractivity contribution is 5.76. The van der Waals surface area contributed by atoms with Crippen LogP contribution < -0.4 is 0 Å². The van der Waals surface area contributed by atoms with Gasteiger partial charge in [-0.15, -0.1) is 0 Å². The van der Waals surface area contributed by atoms with Crippen LogP contribution in [0, 0.1) is 5.92 Å². The molecule has 2 aliphatic rings. The van der Waals surface area contributed by atoms with Crippen molar-refractivity contribution < 1.29 is 14.6 Å². The van der Waals surface area contributed by atoms with Crippen LogP contribution in [0.25, 0.3) is 0 Å². The molecule has 0 spiro atoms. The van der Waals surface area contributed by atoms with Crippen molar-refractivity contribution in [3.63, 3.8) is 0 Å². The van der Waals surface area contributed by atoms with Crippen molar-refractivity contribution in [2.24, 2.45) is 5.92 Å². The Hall–Kier alpha value is -0.610. The van der Waals surface area contributed by atoms with Crippen LogP contribution in [0.3, 0.4) is 0 Å². The molecule has 0 unspecified atom stereocenters. The highest BCUT2D eigenvalue weighted by Crippen LogP contribution is 2.27. The predicted molar refractivity (Wildman–Crippen MR) is 64.6 cm³/mol. The van der Waals surface area contributed by atoms with Gasteiger partial charge in [-0.25, -0.2) is 0 Å². The van der Waals surface area contributed by atoms with E-state index >= 15 is 0 Å². The second kappa shape index (κ2) is 5.83. The van der Waals surface area contributed by atoms with E-state index < -0.39 is 6.10 Å². The lowest BCUT2D eigenvalue weighted by atomic mass is 9.87. The van der Waals surface area contributed by atoms with Crippen molar-refractivity contribution in [3.8, 4) is 0 Å². The smallest absolute Gasteiger partial charge is 0.223 e. The molecular formula is C13H23NO3. The fourth-order valence-corrected chi connectivity index (χ4v) is 2.96. The Labute approximate surface area is 103 Å². The Morgan fingerprint density at radius 1 is 1.29 bits per heavy atom. The van der Waals surface area contributed by atoms with Gasteiger partial charge in [0.15, 0.2) is 0 Å². The number of likely N-dealkylation sites (tertiary alicyclic amines) is 1. The van der Waals surface area contributed by atoms with Crippen molar-refractivity contribution in [3.05, 3.63) is 0 Å². The molecular weight excluding hydrogens is 218 g/mol. The van der Waals surface area contributed by atoms with E-state index in [2.05, 4.69) is 0 Å². The Balaban J connectivity index is 1.80. The molecule has 0 aromatic heterocycles. The molecule has 1 heterocycles. The van der Waals surface area contributed by atoms with Crippen LogP contribution in [0.2, 0.25) is 0 Å². The van der Waals surface area contributed by atoms with Crippen LogP contribution in [0.15, 0.2) is 0 Å². The van der Waals surface area contributed by atoms with Crippen molar-refractivity contribution in [2.75, 3.05) is 20.2 Å². The number of hydrogen-bond acceptors (Lipinski definition) is 3. The van der Waals surface area contributed by atoms with Crippen LogP contribution >= 0.6 is 0 Å². The monoisotopic (exact) mass is 241 g/mol. The van der Waals surface area contributed by atoms with Crippen molar-refractivity contribution in [1.82, 2.24) is 4.90 Å². The van der Waals surface area contributed by atoms with Crippen LogP contribution in [-0.4, -0.2) is 48.3 Å². The summed E-state index contributed by atoms with van der Waals surface area (Å²) in [6.45, 7) is 0.979. The molecule has 1 amide bonds. The van der Waals surface area contributed by atoms with Gasteiger partial charge in [-0.3, -0.25) is 4.79 Å². The highest BCUT2D eigenvalue weighted by atomic mass is 16.5. The fourth-order valence-electron chi connectivity index (χ4n) is 2.96. The Bertz CT molecular complexity index is 263. The van der Waals surface area contributed by atoms with Crippen LogP contribution in [-0.2, 0) is 9.53 Å². The summed E-state index contributed by atoms with van der Waals surface area (Å²) in [5.41, 5.74) is 0. The normalized spacial score (nSPS) is 30.8. The van der Waals surface area contributed by atoms with Gasteiger partial charge >= 0.3 is 0 Å². The van der Waals surface area contributed by atoms with Crippen LogP contribution in [0.1, 0.15) is 38.5 Å². The maximum absolute atomic E-state index is 12.1. The van der Waals surface area contributed by atoms with Crippen molar-refractivity contribution in [2.45, 2.75) is 50.7 Å². The van der Waals surface area contributed by atoms with Crippen molar-refractivity contribution in [1.29, 1.82) is 0 Å². The topological polar surface area (TPSA) is 49.8 Å². The third-order valence-electron chi connectivity index (χ3n) is 4.08. The summed E-state index contributed by atoms with van der Waals surface area (Å²) >= 11 is 0. The molecule has 2 fully saturated rings. The molecule has 17 heavy (non-hydrogen) atoms. The van der Waals surface area contributed by atoms with E-state index in [0.29, 0.717) is 25.4 Å². The molecule has 98 valence electrons. The van der Waals surface area contributed by atoms with E-state index in [0.717, 1.165) is 0 Å². The van der Waals surface area contributed by atoms with Gasteiger partial charge in [-0.2, -0.15) is 0 Å². The number of carbonyl (C=O) groups excluding carboxylic acids is 1. The molecule has 1 N–H and O–H groups in total. The molecule has 4 heteroatoms. The first-order valence-electron chi connectivity index (χ1n) is 6.69. The van der Waals surface area contributed by atoms with E-state index in [1.165, 1.54) is 32.1 Å². The van der Waals surface area contributed by atoms with Gasteiger partial charge in [0.1, 0.15) is 6.10 Å². The molecule has 1 aliphatic carbocycles. The van der Waals surface area contributed by atoms with E-state index in [9.17, 15) is 9.90 Å². The molecule has 0 aromatic rings. The summed E-state index contributed by atoms with van der Waals surface area (Å²) in [7, 11) is 1.59. The van der Waals surface area contributed by atoms with Crippen molar-refractivity contribution >= 4 is 5.91 Å².